The maximum Gasteiger partial charge on any atom is 0.250 e. The zero-order chi connectivity index (χ0) is 14.7. The standard InChI is InChI=1S/C14H13ClN2O3/c15-12-5-9(2-4-11(12)14(16)20)17-7-8-1-3-10(18)6-13(8)19/h1-6,17-19H,7H2,(H2,16,20). The quantitative estimate of drug-likeness (QED) is 0.696. The first-order chi connectivity index (χ1) is 9.47. The van der Waals surface area contributed by atoms with Gasteiger partial charge in [0.25, 0.3) is 0 Å². The monoisotopic (exact) mass is 292 g/mol. The van der Waals surface area contributed by atoms with Crippen LogP contribution in [0.2, 0.25) is 5.02 Å². The van der Waals surface area contributed by atoms with Crippen LogP contribution in [0, 0.1) is 0 Å². The predicted octanol–water partition coefficient (Wildman–Crippen LogP) is 2.46. The molecule has 0 atom stereocenters. The number of rotatable bonds is 4. The Morgan fingerprint density at radius 3 is 2.55 bits per heavy atom. The van der Waals surface area contributed by atoms with E-state index in [4.69, 9.17) is 17.3 Å². The van der Waals surface area contributed by atoms with Crippen molar-refractivity contribution < 1.29 is 15.0 Å². The number of hydrogen-bond acceptors (Lipinski definition) is 4. The van der Waals surface area contributed by atoms with Gasteiger partial charge in [-0.3, -0.25) is 4.79 Å². The number of nitrogens with two attached hydrogens (primary N) is 1. The van der Waals surface area contributed by atoms with E-state index in [1.165, 1.54) is 18.2 Å². The van der Waals surface area contributed by atoms with Crippen LogP contribution in [0.1, 0.15) is 15.9 Å². The van der Waals surface area contributed by atoms with Gasteiger partial charge < -0.3 is 21.3 Å². The molecule has 20 heavy (non-hydrogen) atoms. The lowest BCUT2D eigenvalue weighted by atomic mass is 10.1. The molecule has 0 saturated heterocycles. The van der Waals surface area contributed by atoms with Crippen molar-refractivity contribution in [1.82, 2.24) is 0 Å². The van der Waals surface area contributed by atoms with Crippen LogP contribution in [0.15, 0.2) is 36.4 Å². The Hall–Kier alpha value is -2.40. The molecule has 2 rings (SSSR count). The Kier molecular flexibility index (Phi) is 4.00. The molecule has 5 N–H and O–H groups in total. The minimum atomic E-state index is -0.585. The molecule has 0 bridgehead atoms. The van der Waals surface area contributed by atoms with Crippen LogP contribution in [0.4, 0.5) is 5.69 Å². The summed E-state index contributed by atoms with van der Waals surface area (Å²) in [4.78, 5) is 11.0. The topological polar surface area (TPSA) is 95.6 Å². The highest BCUT2D eigenvalue weighted by molar-refractivity contribution is 6.34. The minimum Gasteiger partial charge on any atom is -0.508 e. The second kappa shape index (κ2) is 5.71. The second-order valence-corrected chi connectivity index (χ2v) is 4.63. The van der Waals surface area contributed by atoms with Crippen molar-refractivity contribution in [3.8, 4) is 11.5 Å². The van der Waals surface area contributed by atoms with Crippen molar-refractivity contribution >= 4 is 23.2 Å². The van der Waals surface area contributed by atoms with E-state index in [0.29, 0.717) is 17.8 Å². The number of benzene rings is 2. The molecule has 6 heteroatoms. The average molecular weight is 293 g/mol. The van der Waals surface area contributed by atoms with Gasteiger partial charge in [-0.2, -0.15) is 0 Å². The van der Waals surface area contributed by atoms with Crippen molar-refractivity contribution in [2.75, 3.05) is 5.32 Å². The maximum atomic E-state index is 11.0. The molecule has 5 nitrogen and oxygen atoms in total. The number of halogens is 1. The van der Waals surface area contributed by atoms with Crippen LogP contribution in [0.5, 0.6) is 11.5 Å². The van der Waals surface area contributed by atoms with Crippen molar-refractivity contribution in [2.45, 2.75) is 6.54 Å². The van der Waals surface area contributed by atoms with Gasteiger partial charge in [-0.05, 0) is 30.3 Å². The summed E-state index contributed by atoms with van der Waals surface area (Å²) in [5.74, 6) is -0.588. The molecule has 0 spiro atoms. The SMILES string of the molecule is NC(=O)c1ccc(NCc2ccc(O)cc2O)cc1Cl. The van der Waals surface area contributed by atoms with Gasteiger partial charge >= 0.3 is 0 Å². The Morgan fingerprint density at radius 2 is 1.95 bits per heavy atom. The van der Waals surface area contributed by atoms with Gasteiger partial charge in [-0.25, -0.2) is 0 Å². The van der Waals surface area contributed by atoms with E-state index < -0.39 is 5.91 Å². The van der Waals surface area contributed by atoms with E-state index >= 15 is 0 Å². The molecule has 104 valence electrons. The van der Waals surface area contributed by atoms with Crippen molar-refractivity contribution in [3.63, 3.8) is 0 Å². The first kappa shape index (κ1) is 14.0. The molecule has 0 aliphatic carbocycles. The van der Waals surface area contributed by atoms with Gasteiger partial charge in [0.1, 0.15) is 11.5 Å². The highest BCUT2D eigenvalue weighted by Gasteiger charge is 2.07. The number of carbonyl (C=O) groups is 1. The van der Waals surface area contributed by atoms with E-state index in [-0.39, 0.29) is 22.1 Å². The molecule has 0 aromatic heterocycles. The summed E-state index contributed by atoms with van der Waals surface area (Å²) in [7, 11) is 0. The molecule has 0 radical (unpaired) electrons. The number of phenols is 2. The predicted molar refractivity (Wildman–Crippen MR) is 77.1 cm³/mol. The molecule has 0 unspecified atom stereocenters. The van der Waals surface area contributed by atoms with Crippen LogP contribution < -0.4 is 11.1 Å². The fourth-order valence-corrected chi connectivity index (χ4v) is 2.00. The van der Waals surface area contributed by atoms with Crippen molar-refractivity contribution in [1.29, 1.82) is 0 Å². The number of primary amides is 1. The molecule has 0 heterocycles. The Morgan fingerprint density at radius 1 is 1.20 bits per heavy atom. The lowest BCUT2D eigenvalue weighted by Gasteiger charge is -2.10. The number of amides is 1. The number of anilines is 1. The molecule has 0 fully saturated rings. The van der Waals surface area contributed by atoms with Crippen molar-refractivity contribution in [2.24, 2.45) is 5.73 Å². The van der Waals surface area contributed by atoms with Gasteiger partial charge in [0.05, 0.1) is 10.6 Å². The first-order valence-electron chi connectivity index (χ1n) is 5.81. The molecule has 1 amide bonds. The van der Waals surface area contributed by atoms with Gasteiger partial charge in [0, 0.05) is 23.9 Å². The summed E-state index contributed by atoms with van der Waals surface area (Å²) in [6.07, 6.45) is 0. The van der Waals surface area contributed by atoms with Crippen LogP contribution in [0.25, 0.3) is 0 Å². The smallest absolute Gasteiger partial charge is 0.250 e. The second-order valence-electron chi connectivity index (χ2n) is 4.23. The molecule has 0 saturated carbocycles. The fraction of sp³-hybridized carbons (Fsp3) is 0.0714. The summed E-state index contributed by atoms with van der Waals surface area (Å²) >= 11 is 5.93. The largest absolute Gasteiger partial charge is 0.508 e. The lowest BCUT2D eigenvalue weighted by molar-refractivity contribution is 0.100. The van der Waals surface area contributed by atoms with Gasteiger partial charge in [0.15, 0.2) is 0 Å². The summed E-state index contributed by atoms with van der Waals surface area (Å²) in [5.41, 5.74) is 6.73. The van der Waals surface area contributed by atoms with Crippen LogP contribution in [0.3, 0.4) is 0 Å². The van der Waals surface area contributed by atoms with Crippen LogP contribution in [-0.2, 0) is 6.54 Å². The maximum absolute atomic E-state index is 11.0. The third-order valence-electron chi connectivity index (χ3n) is 2.79. The lowest BCUT2D eigenvalue weighted by Crippen LogP contribution is -2.11. The number of carbonyl (C=O) groups excluding carboxylic acids is 1. The third-order valence-corrected chi connectivity index (χ3v) is 3.10. The van der Waals surface area contributed by atoms with Crippen molar-refractivity contribution in [3.05, 3.63) is 52.5 Å². The third kappa shape index (κ3) is 3.13. The van der Waals surface area contributed by atoms with E-state index in [1.807, 2.05) is 0 Å². The summed E-state index contributed by atoms with van der Waals surface area (Å²) in [6.45, 7) is 0.346. The molecular weight excluding hydrogens is 280 g/mol. The highest BCUT2D eigenvalue weighted by Crippen LogP contribution is 2.25. The Labute approximate surface area is 120 Å². The highest BCUT2D eigenvalue weighted by atomic mass is 35.5. The Balaban J connectivity index is 2.11. The Bertz CT molecular complexity index is 659. The molecular formula is C14H13ClN2O3. The summed E-state index contributed by atoms with van der Waals surface area (Å²) in [5, 5.41) is 22.2. The first-order valence-corrected chi connectivity index (χ1v) is 6.19. The molecule has 0 aliphatic heterocycles. The average Bonchev–Trinajstić information content (AvgIpc) is 2.37. The zero-order valence-corrected chi connectivity index (χ0v) is 11.2. The molecule has 2 aromatic carbocycles. The van der Waals surface area contributed by atoms with E-state index in [1.54, 1.807) is 18.2 Å². The number of phenolic OH excluding ortho intramolecular Hbond substituents is 2. The van der Waals surface area contributed by atoms with Gasteiger partial charge in [-0.15, -0.1) is 0 Å². The number of aromatic hydroxyl groups is 2. The summed E-state index contributed by atoms with van der Waals surface area (Å²) in [6, 6.07) is 9.14. The van der Waals surface area contributed by atoms with E-state index in [0.717, 1.165) is 0 Å². The number of hydrogen-bond donors (Lipinski definition) is 4. The van der Waals surface area contributed by atoms with Crippen LogP contribution >= 0.6 is 11.6 Å². The van der Waals surface area contributed by atoms with Crippen LogP contribution in [-0.4, -0.2) is 16.1 Å². The van der Waals surface area contributed by atoms with Gasteiger partial charge in [-0.1, -0.05) is 11.6 Å². The van der Waals surface area contributed by atoms with E-state index in [9.17, 15) is 15.0 Å². The fourth-order valence-electron chi connectivity index (χ4n) is 1.72. The van der Waals surface area contributed by atoms with E-state index in [2.05, 4.69) is 5.32 Å². The van der Waals surface area contributed by atoms with Gasteiger partial charge in [0.2, 0.25) is 5.91 Å². The molecule has 2 aromatic rings. The number of nitrogens with one attached hydrogen (secondary N) is 1. The molecule has 0 aliphatic rings. The minimum absolute atomic E-state index is 0.0000977. The zero-order valence-electron chi connectivity index (χ0n) is 10.4. The summed E-state index contributed by atoms with van der Waals surface area (Å²) < 4.78 is 0. The normalized spacial score (nSPS) is 10.2.